The Kier molecular flexibility index (Phi) is 7.16. The molecule has 1 aliphatic heterocycles. The van der Waals surface area contributed by atoms with Crippen molar-refractivity contribution in [3.8, 4) is 5.75 Å². The molecule has 4 nitrogen and oxygen atoms in total. The molecule has 1 heterocycles. The van der Waals surface area contributed by atoms with Gasteiger partial charge in [-0.1, -0.05) is 12.1 Å². The molecule has 1 aromatic rings. The van der Waals surface area contributed by atoms with Gasteiger partial charge >= 0.3 is 0 Å². The quantitative estimate of drug-likeness (QED) is 0.759. The molecule has 1 atom stereocenters. The minimum Gasteiger partial charge on any atom is -0.490 e. The second kappa shape index (κ2) is 9.81. The van der Waals surface area contributed by atoms with Gasteiger partial charge in [0.1, 0.15) is 5.75 Å². The van der Waals surface area contributed by atoms with Crippen LogP contribution in [-0.2, 0) is 11.2 Å². The van der Waals surface area contributed by atoms with E-state index in [0.717, 1.165) is 44.1 Å². The van der Waals surface area contributed by atoms with Crippen LogP contribution in [0.15, 0.2) is 24.3 Å². The van der Waals surface area contributed by atoms with Gasteiger partial charge in [0, 0.05) is 13.0 Å². The van der Waals surface area contributed by atoms with Crippen molar-refractivity contribution in [2.45, 2.75) is 63.9 Å². The highest BCUT2D eigenvalue weighted by molar-refractivity contribution is 5.76. The molecule has 1 aliphatic carbocycles. The summed E-state index contributed by atoms with van der Waals surface area (Å²) in [6.07, 6.45) is 10.2. The summed E-state index contributed by atoms with van der Waals surface area (Å²) in [4.78, 5) is 12.1. The first-order valence-electron chi connectivity index (χ1n) is 10.0. The van der Waals surface area contributed by atoms with Crippen molar-refractivity contribution in [3.63, 3.8) is 0 Å². The molecule has 25 heavy (non-hydrogen) atoms. The van der Waals surface area contributed by atoms with E-state index < -0.39 is 0 Å². The van der Waals surface area contributed by atoms with Crippen LogP contribution in [0, 0.1) is 5.92 Å². The molecule has 2 aliphatic rings. The largest absolute Gasteiger partial charge is 0.490 e. The van der Waals surface area contributed by atoms with Crippen LogP contribution in [0.3, 0.4) is 0 Å². The van der Waals surface area contributed by atoms with Crippen LogP contribution in [0.25, 0.3) is 0 Å². The molecule has 1 unspecified atom stereocenters. The van der Waals surface area contributed by atoms with Crippen molar-refractivity contribution >= 4 is 5.91 Å². The summed E-state index contributed by atoms with van der Waals surface area (Å²) in [6.45, 7) is 3.05. The Morgan fingerprint density at radius 2 is 2.08 bits per heavy atom. The van der Waals surface area contributed by atoms with E-state index in [1.165, 1.54) is 44.1 Å². The highest BCUT2D eigenvalue weighted by Crippen LogP contribution is 2.24. The lowest BCUT2D eigenvalue weighted by Gasteiger charge is -2.22. The van der Waals surface area contributed by atoms with E-state index in [2.05, 4.69) is 22.8 Å². The van der Waals surface area contributed by atoms with E-state index in [-0.39, 0.29) is 5.91 Å². The van der Waals surface area contributed by atoms with Crippen LogP contribution in [0.2, 0.25) is 0 Å². The fraction of sp³-hybridized carbons (Fsp3) is 0.667. The van der Waals surface area contributed by atoms with E-state index in [9.17, 15) is 4.79 Å². The lowest BCUT2D eigenvalue weighted by molar-refractivity contribution is -0.121. The molecular formula is C21H32N2O2. The molecular weight excluding hydrogens is 312 g/mol. The molecule has 1 saturated carbocycles. The molecule has 0 radical (unpaired) electrons. The van der Waals surface area contributed by atoms with Gasteiger partial charge < -0.3 is 15.4 Å². The number of carbonyl (C=O) groups is 1. The molecule has 3 rings (SSSR count). The summed E-state index contributed by atoms with van der Waals surface area (Å²) in [5, 5.41) is 6.50. The Bertz CT molecular complexity index is 534. The number of piperidine rings is 1. The summed E-state index contributed by atoms with van der Waals surface area (Å²) in [7, 11) is 0. The number of aryl methyl sites for hydroxylation is 1. The van der Waals surface area contributed by atoms with Crippen LogP contribution >= 0.6 is 0 Å². The smallest absolute Gasteiger partial charge is 0.220 e. The second-order valence-electron chi connectivity index (χ2n) is 7.52. The molecule has 4 heteroatoms. The van der Waals surface area contributed by atoms with Crippen molar-refractivity contribution in [2.24, 2.45) is 5.92 Å². The predicted octanol–water partition coefficient (Wildman–Crippen LogP) is 3.45. The average Bonchev–Trinajstić information content (AvgIpc) is 3.14. The average molecular weight is 344 g/mol. The van der Waals surface area contributed by atoms with Gasteiger partial charge in [0.25, 0.3) is 0 Å². The van der Waals surface area contributed by atoms with Gasteiger partial charge in [-0.05, 0) is 88.1 Å². The Hall–Kier alpha value is -1.55. The summed E-state index contributed by atoms with van der Waals surface area (Å²) < 4.78 is 6.05. The zero-order chi connectivity index (χ0) is 17.3. The fourth-order valence-corrected chi connectivity index (χ4v) is 3.91. The van der Waals surface area contributed by atoms with E-state index in [1.807, 2.05) is 12.1 Å². The first-order valence-corrected chi connectivity index (χ1v) is 10.0. The molecule has 1 saturated heterocycles. The minimum atomic E-state index is 0.158. The first-order chi connectivity index (χ1) is 12.3. The van der Waals surface area contributed by atoms with E-state index >= 15 is 0 Å². The monoisotopic (exact) mass is 344 g/mol. The second-order valence-corrected chi connectivity index (χ2v) is 7.52. The Morgan fingerprint density at radius 3 is 2.88 bits per heavy atom. The molecule has 0 spiro atoms. The number of rotatable bonds is 8. The molecule has 1 amide bonds. The minimum absolute atomic E-state index is 0.158. The maximum Gasteiger partial charge on any atom is 0.220 e. The van der Waals surface area contributed by atoms with Gasteiger partial charge in [0.15, 0.2) is 0 Å². The number of benzene rings is 1. The third-order valence-electron chi connectivity index (χ3n) is 5.42. The third kappa shape index (κ3) is 6.35. The molecule has 138 valence electrons. The van der Waals surface area contributed by atoms with Gasteiger partial charge in [-0.15, -0.1) is 0 Å². The van der Waals surface area contributed by atoms with Crippen molar-refractivity contribution in [2.75, 3.05) is 19.6 Å². The van der Waals surface area contributed by atoms with Crippen LogP contribution in [0.5, 0.6) is 5.75 Å². The molecule has 0 aromatic heterocycles. The molecule has 2 fully saturated rings. The molecule has 2 N–H and O–H groups in total. The summed E-state index contributed by atoms with van der Waals surface area (Å²) in [5.74, 6) is 1.83. The lowest BCUT2D eigenvalue weighted by Crippen LogP contribution is -2.33. The number of hydrogen-bond donors (Lipinski definition) is 2. The van der Waals surface area contributed by atoms with Crippen LogP contribution in [0.1, 0.15) is 56.9 Å². The topological polar surface area (TPSA) is 50.4 Å². The van der Waals surface area contributed by atoms with Crippen molar-refractivity contribution in [1.82, 2.24) is 10.6 Å². The number of hydrogen-bond acceptors (Lipinski definition) is 3. The number of amides is 1. The Balaban J connectivity index is 1.35. The standard InChI is InChI=1S/C21H32N2O2/c24-21(23-14-12-18-6-4-13-22-16-18)11-10-17-5-3-9-20(15-17)25-19-7-1-2-8-19/h3,5,9,15,18-19,22H,1-2,4,6-8,10-14,16H2,(H,23,24). The molecule has 0 bridgehead atoms. The number of ether oxygens (including phenoxy) is 1. The maximum absolute atomic E-state index is 12.1. The van der Waals surface area contributed by atoms with Gasteiger partial charge in [0.05, 0.1) is 6.10 Å². The maximum atomic E-state index is 12.1. The SMILES string of the molecule is O=C(CCc1cccc(OC2CCCC2)c1)NCCC1CCCNC1. The van der Waals surface area contributed by atoms with Crippen LogP contribution in [-0.4, -0.2) is 31.6 Å². The van der Waals surface area contributed by atoms with Gasteiger partial charge in [-0.25, -0.2) is 0 Å². The van der Waals surface area contributed by atoms with Gasteiger partial charge in [-0.2, -0.15) is 0 Å². The highest BCUT2D eigenvalue weighted by atomic mass is 16.5. The van der Waals surface area contributed by atoms with Gasteiger partial charge in [-0.3, -0.25) is 4.79 Å². The van der Waals surface area contributed by atoms with Crippen LogP contribution in [0.4, 0.5) is 0 Å². The van der Waals surface area contributed by atoms with Crippen molar-refractivity contribution < 1.29 is 9.53 Å². The third-order valence-corrected chi connectivity index (χ3v) is 5.42. The number of nitrogens with one attached hydrogen (secondary N) is 2. The predicted molar refractivity (Wildman–Crippen MR) is 101 cm³/mol. The van der Waals surface area contributed by atoms with E-state index in [0.29, 0.717) is 12.5 Å². The fourth-order valence-electron chi connectivity index (χ4n) is 3.91. The Labute approximate surface area is 151 Å². The van der Waals surface area contributed by atoms with E-state index in [1.54, 1.807) is 0 Å². The van der Waals surface area contributed by atoms with Gasteiger partial charge in [0.2, 0.25) is 5.91 Å². The van der Waals surface area contributed by atoms with Crippen molar-refractivity contribution in [3.05, 3.63) is 29.8 Å². The highest BCUT2D eigenvalue weighted by Gasteiger charge is 2.16. The molecule has 1 aromatic carbocycles. The zero-order valence-corrected chi connectivity index (χ0v) is 15.3. The number of carbonyl (C=O) groups excluding carboxylic acids is 1. The first kappa shape index (κ1) is 18.2. The van der Waals surface area contributed by atoms with Crippen LogP contribution < -0.4 is 15.4 Å². The van der Waals surface area contributed by atoms with Crippen molar-refractivity contribution in [1.29, 1.82) is 0 Å². The Morgan fingerprint density at radius 1 is 1.20 bits per heavy atom. The normalized spacial score (nSPS) is 21.2. The van der Waals surface area contributed by atoms with E-state index in [4.69, 9.17) is 4.74 Å². The summed E-state index contributed by atoms with van der Waals surface area (Å²) >= 11 is 0. The summed E-state index contributed by atoms with van der Waals surface area (Å²) in [6, 6.07) is 8.25. The lowest BCUT2D eigenvalue weighted by atomic mass is 9.96. The summed E-state index contributed by atoms with van der Waals surface area (Å²) in [5.41, 5.74) is 1.18. The zero-order valence-electron chi connectivity index (χ0n) is 15.3.